The van der Waals surface area contributed by atoms with Crippen molar-refractivity contribution >= 4 is 28.7 Å². The second kappa shape index (κ2) is 5.61. The predicted octanol–water partition coefficient (Wildman–Crippen LogP) is 3.30. The Labute approximate surface area is 125 Å². The lowest BCUT2D eigenvalue weighted by atomic mass is 10.1. The molecular weight excluding hydrogens is 282 g/mol. The van der Waals surface area contributed by atoms with E-state index >= 15 is 0 Å². The molecule has 2 aromatic carbocycles. The Morgan fingerprint density at radius 3 is 2.68 bits per heavy atom. The Balaban J connectivity index is 1.93. The summed E-state index contributed by atoms with van der Waals surface area (Å²) in [6.45, 7) is 0. The molecular formula is C16H11N3O3. The molecule has 3 aromatic rings. The van der Waals surface area contributed by atoms with Crippen LogP contribution in [0.3, 0.4) is 0 Å². The highest BCUT2D eigenvalue weighted by molar-refractivity contribution is 5.99. The van der Waals surface area contributed by atoms with Crippen LogP contribution < -0.4 is 0 Å². The number of fused-ring (bicyclic) bond motifs is 1. The molecule has 0 saturated heterocycles. The number of imidazole rings is 1. The second-order valence-corrected chi connectivity index (χ2v) is 4.59. The molecule has 0 aliphatic heterocycles. The first kappa shape index (κ1) is 13.7. The van der Waals surface area contributed by atoms with Crippen molar-refractivity contribution in [2.24, 2.45) is 0 Å². The van der Waals surface area contributed by atoms with Crippen molar-refractivity contribution in [2.75, 3.05) is 0 Å². The van der Waals surface area contributed by atoms with Gasteiger partial charge in [-0.15, -0.1) is 0 Å². The molecule has 0 unspecified atom stereocenters. The van der Waals surface area contributed by atoms with Crippen LogP contribution in [0.2, 0.25) is 0 Å². The van der Waals surface area contributed by atoms with E-state index in [-0.39, 0.29) is 11.6 Å². The number of para-hydroxylation sites is 3. The fourth-order valence-corrected chi connectivity index (χ4v) is 2.17. The molecule has 0 atom stereocenters. The van der Waals surface area contributed by atoms with Gasteiger partial charge < -0.3 is 0 Å². The zero-order chi connectivity index (χ0) is 15.5. The number of aromatic nitrogens is 2. The van der Waals surface area contributed by atoms with Crippen LogP contribution in [0.5, 0.6) is 0 Å². The monoisotopic (exact) mass is 293 g/mol. The smallest absolute Gasteiger partial charge is 0.269 e. The molecule has 6 nitrogen and oxygen atoms in total. The average Bonchev–Trinajstić information content (AvgIpc) is 2.97. The van der Waals surface area contributed by atoms with E-state index in [1.807, 2.05) is 18.2 Å². The quantitative estimate of drug-likeness (QED) is 0.421. The lowest BCUT2D eigenvalue weighted by Gasteiger charge is -1.99. The van der Waals surface area contributed by atoms with Crippen molar-refractivity contribution in [3.8, 4) is 0 Å². The third-order valence-corrected chi connectivity index (χ3v) is 3.23. The highest BCUT2D eigenvalue weighted by atomic mass is 16.6. The van der Waals surface area contributed by atoms with E-state index in [1.54, 1.807) is 24.3 Å². The van der Waals surface area contributed by atoms with Crippen LogP contribution in [-0.4, -0.2) is 20.4 Å². The number of nitro benzene ring substituents is 1. The summed E-state index contributed by atoms with van der Waals surface area (Å²) >= 11 is 0. The molecule has 0 fully saturated rings. The predicted molar refractivity (Wildman–Crippen MR) is 82.5 cm³/mol. The maximum absolute atomic E-state index is 12.2. The number of hydrogen-bond acceptors (Lipinski definition) is 4. The molecule has 22 heavy (non-hydrogen) atoms. The molecule has 0 aliphatic carbocycles. The number of carbonyl (C=O) groups excluding carboxylic acids is 1. The molecule has 1 heterocycles. The van der Waals surface area contributed by atoms with E-state index in [0.717, 1.165) is 5.52 Å². The maximum atomic E-state index is 12.2. The summed E-state index contributed by atoms with van der Waals surface area (Å²) in [4.78, 5) is 26.8. The van der Waals surface area contributed by atoms with Crippen molar-refractivity contribution < 1.29 is 9.72 Å². The van der Waals surface area contributed by atoms with Crippen molar-refractivity contribution in [1.82, 2.24) is 9.55 Å². The molecule has 0 N–H and O–H groups in total. The minimum Gasteiger partial charge on any atom is -0.269 e. The first-order chi connectivity index (χ1) is 10.7. The minimum absolute atomic E-state index is 0.0398. The van der Waals surface area contributed by atoms with Crippen LogP contribution in [-0.2, 0) is 0 Å². The second-order valence-electron chi connectivity index (χ2n) is 4.59. The first-order valence-electron chi connectivity index (χ1n) is 6.55. The van der Waals surface area contributed by atoms with Gasteiger partial charge in [0.2, 0.25) is 0 Å². The fourth-order valence-electron chi connectivity index (χ4n) is 2.17. The third-order valence-electron chi connectivity index (χ3n) is 3.23. The zero-order valence-corrected chi connectivity index (χ0v) is 11.4. The Morgan fingerprint density at radius 2 is 1.86 bits per heavy atom. The molecule has 3 rings (SSSR count). The number of carbonyl (C=O) groups is 1. The van der Waals surface area contributed by atoms with Gasteiger partial charge in [0.1, 0.15) is 6.33 Å². The van der Waals surface area contributed by atoms with Gasteiger partial charge in [0.25, 0.3) is 11.6 Å². The molecule has 0 spiro atoms. The van der Waals surface area contributed by atoms with Gasteiger partial charge in [0.05, 0.1) is 21.5 Å². The Morgan fingerprint density at radius 1 is 1.14 bits per heavy atom. The summed E-state index contributed by atoms with van der Waals surface area (Å²) in [7, 11) is 0. The summed E-state index contributed by atoms with van der Waals surface area (Å²) in [6, 6.07) is 13.5. The zero-order valence-electron chi connectivity index (χ0n) is 11.4. The topological polar surface area (TPSA) is 78.0 Å². The van der Waals surface area contributed by atoms with Crippen LogP contribution in [0.4, 0.5) is 5.69 Å². The standard InChI is InChI=1S/C16H11N3O3/c20-16(18-11-17-13-6-2-4-8-15(13)18)10-9-12-5-1-3-7-14(12)19(21)22/h1-11H/b10-9+. The van der Waals surface area contributed by atoms with E-state index in [4.69, 9.17) is 0 Å². The Kier molecular flexibility index (Phi) is 3.49. The Hall–Kier alpha value is -3.28. The SMILES string of the molecule is O=C(/C=C/c1ccccc1[N+](=O)[O-])n1cnc2ccccc21. The fraction of sp³-hybridized carbons (Fsp3) is 0. The number of benzene rings is 2. The summed E-state index contributed by atoms with van der Waals surface area (Å²) < 4.78 is 1.40. The third kappa shape index (κ3) is 2.49. The van der Waals surface area contributed by atoms with Gasteiger partial charge in [-0.1, -0.05) is 24.3 Å². The number of rotatable bonds is 3. The van der Waals surface area contributed by atoms with Crippen LogP contribution in [0.1, 0.15) is 10.4 Å². The summed E-state index contributed by atoms with van der Waals surface area (Å²) in [5.74, 6) is -0.313. The lowest BCUT2D eigenvalue weighted by Crippen LogP contribution is -2.05. The highest BCUT2D eigenvalue weighted by Crippen LogP contribution is 2.19. The van der Waals surface area contributed by atoms with Crippen LogP contribution in [0.15, 0.2) is 60.9 Å². The van der Waals surface area contributed by atoms with Crippen LogP contribution >= 0.6 is 0 Å². The highest BCUT2D eigenvalue weighted by Gasteiger charge is 2.11. The maximum Gasteiger partial charge on any atom is 0.276 e. The van der Waals surface area contributed by atoms with Crippen molar-refractivity contribution in [3.63, 3.8) is 0 Å². The summed E-state index contributed by atoms with van der Waals surface area (Å²) in [5, 5.41) is 10.9. The van der Waals surface area contributed by atoms with E-state index in [2.05, 4.69) is 4.98 Å². The van der Waals surface area contributed by atoms with Gasteiger partial charge in [0.15, 0.2) is 0 Å². The molecule has 0 aliphatic rings. The average molecular weight is 293 g/mol. The van der Waals surface area contributed by atoms with E-state index in [0.29, 0.717) is 11.1 Å². The number of hydrogen-bond donors (Lipinski definition) is 0. The van der Waals surface area contributed by atoms with Gasteiger partial charge in [-0.3, -0.25) is 19.5 Å². The van der Waals surface area contributed by atoms with Crippen LogP contribution in [0.25, 0.3) is 17.1 Å². The molecule has 0 saturated carbocycles. The van der Waals surface area contributed by atoms with Crippen molar-refractivity contribution in [2.45, 2.75) is 0 Å². The normalized spacial score (nSPS) is 11.1. The van der Waals surface area contributed by atoms with Crippen molar-refractivity contribution in [3.05, 3.63) is 76.6 Å². The van der Waals surface area contributed by atoms with E-state index in [1.165, 1.54) is 29.1 Å². The van der Waals surface area contributed by atoms with E-state index in [9.17, 15) is 14.9 Å². The van der Waals surface area contributed by atoms with Gasteiger partial charge >= 0.3 is 0 Å². The molecule has 0 radical (unpaired) electrons. The molecule has 108 valence electrons. The Bertz CT molecular complexity index is 896. The summed E-state index contributed by atoms with van der Waals surface area (Å²) in [5.41, 5.74) is 1.75. The summed E-state index contributed by atoms with van der Waals surface area (Å²) in [6.07, 6.45) is 4.18. The number of allylic oxidation sites excluding steroid dienone is 1. The van der Waals surface area contributed by atoms with Gasteiger partial charge in [-0.05, 0) is 24.3 Å². The number of nitrogens with zero attached hydrogens (tertiary/aromatic N) is 3. The van der Waals surface area contributed by atoms with Gasteiger partial charge in [0, 0.05) is 12.1 Å². The van der Waals surface area contributed by atoms with Gasteiger partial charge in [-0.25, -0.2) is 4.98 Å². The van der Waals surface area contributed by atoms with E-state index < -0.39 is 4.92 Å². The van der Waals surface area contributed by atoms with Crippen LogP contribution in [0, 0.1) is 10.1 Å². The first-order valence-corrected chi connectivity index (χ1v) is 6.55. The minimum atomic E-state index is -0.475. The van der Waals surface area contributed by atoms with Crippen molar-refractivity contribution in [1.29, 1.82) is 0 Å². The molecule has 0 amide bonds. The largest absolute Gasteiger partial charge is 0.276 e. The lowest BCUT2D eigenvalue weighted by molar-refractivity contribution is -0.385. The number of nitro groups is 1. The molecule has 0 bridgehead atoms. The molecule has 1 aromatic heterocycles. The molecule has 6 heteroatoms. The van der Waals surface area contributed by atoms with Gasteiger partial charge in [-0.2, -0.15) is 0 Å².